The van der Waals surface area contributed by atoms with Crippen LogP contribution in [0.2, 0.25) is 5.02 Å². The molecule has 4 rings (SSSR count). The van der Waals surface area contributed by atoms with E-state index < -0.39 is 28.7 Å². The van der Waals surface area contributed by atoms with Crippen molar-refractivity contribution in [3.8, 4) is 0 Å². The molecule has 0 saturated heterocycles. The molecule has 4 aromatic rings. The summed E-state index contributed by atoms with van der Waals surface area (Å²) in [6.45, 7) is 1.71. The van der Waals surface area contributed by atoms with Crippen molar-refractivity contribution in [3.05, 3.63) is 131 Å². The van der Waals surface area contributed by atoms with Gasteiger partial charge in [-0.15, -0.1) is 11.8 Å². The van der Waals surface area contributed by atoms with E-state index in [2.05, 4.69) is 16.0 Å². The first-order valence-corrected chi connectivity index (χ1v) is 13.6. The normalized spacial score (nSPS) is 11.9. The molecule has 0 aromatic heterocycles. The van der Waals surface area contributed by atoms with Gasteiger partial charge in [-0.3, -0.25) is 14.4 Å². The quantitative estimate of drug-likeness (QED) is 0.143. The Bertz CT molecular complexity index is 1600. The van der Waals surface area contributed by atoms with Gasteiger partial charge in [-0.2, -0.15) is 0 Å². The zero-order chi connectivity index (χ0) is 29.4. The van der Waals surface area contributed by atoms with E-state index in [-0.39, 0.29) is 16.6 Å². The largest absolute Gasteiger partial charge is 0.325 e. The first-order valence-electron chi connectivity index (χ1n) is 12.4. The number of thioether (sulfide) groups is 1. The fraction of sp³-hybridized carbons (Fsp3) is 0.0645. The maximum absolute atomic E-state index is 13.4. The molecule has 10 heteroatoms. The first kappa shape index (κ1) is 29.5. The van der Waals surface area contributed by atoms with Crippen LogP contribution in [-0.4, -0.2) is 23.0 Å². The predicted molar refractivity (Wildman–Crippen MR) is 159 cm³/mol. The van der Waals surface area contributed by atoms with E-state index in [0.29, 0.717) is 27.4 Å². The van der Waals surface area contributed by atoms with E-state index in [0.717, 1.165) is 0 Å². The van der Waals surface area contributed by atoms with Gasteiger partial charge in [-0.25, -0.2) is 8.78 Å². The first-order chi connectivity index (χ1) is 19.7. The second kappa shape index (κ2) is 13.7. The van der Waals surface area contributed by atoms with Crippen molar-refractivity contribution >= 4 is 58.5 Å². The van der Waals surface area contributed by atoms with Gasteiger partial charge >= 0.3 is 0 Å². The second-order valence-electron chi connectivity index (χ2n) is 8.79. The number of carbonyl (C=O) groups excluding carboxylic acids is 3. The second-order valence-corrected chi connectivity index (χ2v) is 10.6. The number of hydrogen-bond acceptors (Lipinski definition) is 4. The van der Waals surface area contributed by atoms with Gasteiger partial charge in [0, 0.05) is 21.8 Å². The van der Waals surface area contributed by atoms with Gasteiger partial charge in [-0.1, -0.05) is 48.0 Å². The van der Waals surface area contributed by atoms with Crippen LogP contribution >= 0.6 is 23.4 Å². The minimum absolute atomic E-state index is 0.0470. The lowest BCUT2D eigenvalue weighted by atomic mass is 10.1. The van der Waals surface area contributed by atoms with E-state index in [1.54, 1.807) is 61.5 Å². The number of hydrogen-bond donors (Lipinski definition) is 3. The standard InChI is InChI=1S/C31H24ClF2N3O3S/c1-19(29(38)35-24-14-15-27(34)26(32)18-24)41-25-9-5-8-23(17-25)36-31(40)28(16-20-10-12-22(33)13-11-20)37-30(39)21-6-3-2-4-7-21/h2-19H,1H3,(H,35,38)(H,36,40)(H,37,39)/b28-16-. The molecular formula is C31H24ClF2N3O3S. The molecular weight excluding hydrogens is 568 g/mol. The third-order valence-electron chi connectivity index (χ3n) is 5.67. The fourth-order valence-electron chi connectivity index (χ4n) is 3.59. The molecule has 0 aliphatic carbocycles. The van der Waals surface area contributed by atoms with Gasteiger partial charge in [0.05, 0.1) is 10.3 Å². The molecule has 1 unspecified atom stereocenters. The highest BCUT2D eigenvalue weighted by molar-refractivity contribution is 8.00. The summed E-state index contributed by atoms with van der Waals surface area (Å²) in [5.41, 5.74) is 1.62. The van der Waals surface area contributed by atoms with Crippen molar-refractivity contribution in [1.29, 1.82) is 0 Å². The van der Waals surface area contributed by atoms with Crippen molar-refractivity contribution in [2.24, 2.45) is 0 Å². The summed E-state index contributed by atoms with van der Waals surface area (Å²) in [6.07, 6.45) is 1.45. The lowest BCUT2D eigenvalue weighted by Crippen LogP contribution is -2.30. The molecule has 0 heterocycles. The maximum Gasteiger partial charge on any atom is 0.272 e. The number of nitrogens with one attached hydrogen (secondary N) is 3. The molecule has 0 aliphatic heterocycles. The summed E-state index contributed by atoms with van der Waals surface area (Å²) < 4.78 is 26.8. The summed E-state index contributed by atoms with van der Waals surface area (Å²) >= 11 is 7.04. The molecule has 208 valence electrons. The summed E-state index contributed by atoms with van der Waals surface area (Å²) in [5.74, 6) is -2.41. The zero-order valence-corrected chi connectivity index (χ0v) is 23.2. The van der Waals surface area contributed by atoms with Gasteiger partial charge in [0.2, 0.25) is 5.91 Å². The average molecular weight is 592 g/mol. The van der Waals surface area contributed by atoms with Gasteiger partial charge in [-0.05, 0) is 79.2 Å². The van der Waals surface area contributed by atoms with Crippen LogP contribution in [0.3, 0.4) is 0 Å². The number of carbonyl (C=O) groups is 3. The van der Waals surface area contributed by atoms with Gasteiger partial charge in [0.25, 0.3) is 11.8 Å². The Morgan fingerprint density at radius 1 is 0.829 bits per heavy atom. The lowest BCUT2D eigenvalue weighted by Gasteiger charge is -2.14. The van der Waals surface area contributed by atoms with Crippen molar-refractivity contribution in [3.63, 3.8) is 0 Å². The highest BCUT2D eigenvalue weighted by Gasteiger charge is 2.18. The van der Waals surface area contributed by atoms with Gasteiger partial charge < -0.3 is 16.0 Å². The summed E-state index contributed by atoms with van der Waals surface area (Å²) in [5, 5.41) is 7.46. The Labute approximate surface area is 244 Å². The molecule has 0 bridgehead atoms. The van der Waals surface area contributed by atoms with Crippen LogP contribution in [0.15, 0.2) is 108 Å². The highest BCUT2D eigenvalue weighted by atomic mass is 35.5. The van der Waals surface area contributed by atoms with Crippen LogP contribution in [-0.2, 0) is 9.59 Å². The molecule has 0 radical (unpaired) electrons. The minimum Gasteiger partial charge on any atom is -0.325 e. The van der Waals surface area contributed by atoms with Crippen LogP contribution in [0.5, 0.6) is 0 Å². The van der Waals surface area contributed by atoms with E-state index in [1.165, 1.54) is 60.3 Å². The maximum atomic E-state index is 13.4. The number of benzene rings is 4. The van der Waals surface area contributed by atoms with Gasteiger partial charge in [0.15, 0.2) is 0 Å². The molecule has 1 atom stereocenters. The molecule has 4 aromatic carbocycles. The van der Waals surface area contributed by atoms with Crippen molar-refractivity contribution in [1.82, 2.24) is 5.32 Å². The van der Waals surface area contributed by atoms with Crippen LogP contribution in [0.4, 0.5) is 20.2 Å². The average Bonchev–Trinajstić information content (AvgIpc) is 2.96. The third-order valence-corrected chi connectivity index (χ3v) is 7.05. The summed E-state index contributed by atoms with van der Waals surface area (Å²) in [7, 11) is 0. The molecule has 6 nitrogen and oxygen atoms in total. The van der Waals surface area contributed by atoms with E-state index in [1.807, 2.05) is 0 Å². The van der Waals surface area contributed by atoms with Crippen LogP contribution in [0, 0.1) is 11.6 Å². The topological polar surface area (TPSA) is 87.3 Å². The van der Waals surface area contributed by atoms with Crippen LogP contribution in [0.1, 0.15) is 22.8 Å². The van der Waals surface area contributed by atoms with Crippen LogP contribution < -0.4 is 16.0 Å². The fourth-order valence-corrected chi connectivity index (χ4v) is 4.70. The number of rotatable bonds is 9. The monoisotopic (exact) mass is 591 g/mol. The number of halogens is 3. The van der Waals surface area contributed by atoms with E-state index in [9.17, 15) is 23.2 Å². The van der Waals surface area contributed by atoms with E-state index in [4.69, 9.17) is 11.6 Å². The zero-order valence-electron chi connectivity index (χ0n) is 21.7. The number of anilines is 2. The van der Waals surface area contributed by atoms with Crippen molar-refractivity contribution < 1.29 is 23.2 Å². The molecule has 3 amide bonds. The SMILES string of the molecule is CC(Sc1cccc(NC(=O)/C(=C/c2ccc(F)cc2)NC(=O)c2ccccc2)c1)C(=O)Nc1ccc(F)c(Cl)c1. The van der Waals surface area contributed by atoms with E-state index >= 15 is 0 Å². The van der Waals surface area contributed by atoms with Crippen LogP contribution in [0.25, 0.3) is 6.08 Å². The van der Waals surface area contributed by atoms with Gasteiger partial charge in [0.1, 0.15) is 17.3 Å². The predicted octanol–water partition coefficient (Wildman–Crippen LogP) is 7.15. The smallest absolute Gasteiger partial charge is 0.272 e. The minimum atomic E-state index is -0.597. The third kappa shape index (κ3) is 8.51. The Hall–Kier alpha value is -4.47. The Morgan fingerprint density at radius 2 is 1.54 bits per heavy atom. The molecule has 0 saturated carbocycles. The highest BCUT2D eigenvalue weighted by Crippen LogP contribution is 2.27. The Kier molecular flexibility index (Phi) is 9.89. The Balaban J connectivity index is 1.47. The summed E-state index contributed by atoms with van der Waals surface area (Å²) in [4.78, 5) is 39.4. The number of amides is 3. The lowest BCUT2D eigenvalue weighted by molar-refractivity contribution is -0.115. The molecule has 0 spiro atoms. The molecule has 0 fully saturated rings. The van der Waals surface area contributed by atoms with Crippen molar-refractivity contribution in [2.45, 2.75) is 17.1 Å². The Morgan fingerprint density at radius 3 is 2.24 bits per heavy atom. The summed E-state index contributed by atoms with van der Waals surface area (Å²) in [6, 6.07) is 24.7. The van der Waals surface area contributed by atoms with Crippen molar-refractivity contribution in [2.75, 3.05) is 10.6 Å². The molecule has 0 aliphatic rings. The molecule has 3 N–H and O–H groups in total. The molecule has 41 heavy (non-hydrogen) atoms.